The van der Waals surface area contributed by atoms with Gasteiger partial charge >= 0.3 is 0 Å². The van der Waals surface area contributed by atoms with Crippen LogP contribution in [-0.4, -0.2) is 14.2 Å². The van der Waals surface area contributed by atoms with E-state index >= 15 is 0 Å². The molecule has 2 aromatic rings. The van der Waals surface area contributed by atoms with E-state index in [1.165, 1.54) is 5.56 Å². The highest BCUT2D eigenvalue weighted by molar-refractivity contribution is 9.10. The number of hydrogen-bond acceptors (Lipinski definition) is 3. The molecule has 0 spiro atoms. The lowest BCUT2D eigenvalue weighted by atomic mass is 10.1. The van der Waals surface area contributed by atoms with Crippen molar-refractivity contribution in [1.29, 1.82) is 0 Å². The van der Waals surface area contributed by atoms with Crippen molar-refractivity contribution in [3.05, 3.63) is 52.0 Å². The van der Waals surface area contributed by atoms with Crippen LogP contribution in [0.15, 0.2) is 40.9 Å². The van der Waals surface area contributed by atoms with Crippen molar-refractivity contribution in [1.82, 2.24) is 0 Å². The van der Waals surface area contributed by atoms with Crippen LogP contribution in [0.2, 0.25) is 0 Å². The van der Waals surface area contributed by atoms with Crippen molar-refractivity contribution in [3.63, 3.8) is 0 Å². The molecule has 0 saturated carbocycles. The minimum atomic E-state index is 0.732. The Bertz CT molecular complexity index is 613. The Hall–Kier alpha value is -1.68. The standard InChI is InChI=1S/C16H19BrN2O/c1-11-4-6-15(14(18)8-11)19(2)10-12-9-13(17)5-7-16(12)20-3/h4-9H,10,18H2,1-3H3. The maximum Gasteiger partial charge on any atom is 0.123 e. The molecule has 2 rings (SSSR count). The van der Waals surface area contributed by atoms with Gasteiger partial charge < -0.3 is 15.4 Å². The average Bonchev–Trinajstić information content (AvgIpc) is 2.38. The largest absolute Gasteiger partial charge is 0.496 e. The molecule has 20 heavy (non-hydrogen) atoms. The molecule has 0 aromatic heterocycles. The second kappa shape index (κ2) is 6.18. The minimum absolute atomic E-state index is 0.732. The van der Waals surface area contributed by atoms with Gasteiger partial charge in [-0.05, 0) is 42.8 Å². The number of aryl methyl sites for hydroxylation is 1. The molecule has 0 fully saturated rings. The highest BCUT2D eigenvalue weighted by atomic mass is 79.9. The summed E-state index contributed by atoms with van der Waals surface area (Å²) in [5.41, 5.74) is 10.2. The van der Waals surface area contributed by atoms with Crippen LogP contribution in [0.1, 0.15) is 11.1 Å². The van der Waals surface area contributed by atoms with Crippen molar-refractivity contribution >= 4 is 27.3 Å². The van der Waals surface area contributed by atoms with E-state index < -0.39 is 0 Å². The third-order valence-corrected chi connectivity index (χ3v) is 3.74. The van der Waals surface area contributed by atoms with E-state index in [0.717, 1.165) is 33.7 Å². The number of rotatable bonds is 4. The fraction of sp³-hybridized carbons (Fsp3) is 0.250. The smallest absolute Gasteiger partial charge is 0.123 e. The van der Waals surface area contributed by atoms with Crippen molar-refractivity contribution in [2.45, 2.75) is 13.5 Å². The summed E-state index contributed by atoms with van der Waals surface area (Å²) >= 11 is 3.50. The van der Waals surface area contributed by atoms with Crippen molar-refractivity contribution < 1.29 is 4.74 Å². The van der Waals surface area contributed by atoms with Gasteiger partial charge in [0.15, 0.2) is 0 Å². The van der Waals surface area contributed by atoms with Gasteiger partial charge in [-0.2, -0.15) is 0 Å². The third-order valence-electron chi connectivity index (χ3n) is 3.24. The Balaban J connectivity index is 2.27. The molecule has 3 nitrogen and oxygen atoms in total. The Morgan fingerprint density at radius 3 is 2.60 bits per heavy atom. The number of methoxy groups -OCH3 is 1. The first-order valence-electron chi connectivity index (χ1n) is 6.41. The van der Waals surface area contributed by atoms with Gasteiger partial charge in [0.2, 0.25) is 0 Å². The Morgan fingerprint density at radius 2 is 1.95 bits per heavy atom. The summed E-state index contributed by atoms with van der Waals surface area (Å²) in [6, 6.07) is 12.1. The summed E-state index contributed by atoms with van der Waals surface area (Å²) in [6.07, 6.45) is 0. The fourth-order valence-electron chi connectivity index (χ4n) is 2.23. The number of ether oxygens (including phenoxy) is 1. The van der Waals surface area contributed by atoms with Crippen LogP contribution in [0.4, 0.5) is 11.4 Å². The average molecular weight is 335 g/mol. The van der Waals surface area contributed by atoms with Gasteiger partial charge in [0.1, 0.15) is 5.75 Å². The fourth-order valence-corrected chi connectivity index (χ4v) is 2.64. The van der Waals surface area contributed by atoms with Gasteiger partial charge in [0, 0.05) is 23.6 Å². The molecular weight excluding hydrogens is 316 g/mol. The number of nitrogens with two attached hydrogens (primary N) is 1. The summed E-state index contributed by atoms with van der Waals surface area (Å²) in [4.78, 5) is 2.12. The molecule has 0 unspecified atom stereocenters. The zero-order chi connectivity index (χ0) is 14.7. The van der Waals surface area contributed by atoms with Crippen molar-refractivity contribution in [3.8, 4) is 5.75 Å². The zero-order valence-electron chi connectivity index (χ0n) is 12.0. The molecule has 0 atom stereocenters. The summed E-state index contributed by atoms with van der Waals surface area (Å²) in [5, 5.41) is 0. The Kier molecular flexibility index (Phi) is 4.55. The maximum absolute atomic E-state index is 6.09. The number of anilines is 2. The number of nitrogens with zero attached hydrogens (tertiary/aromatic N) is 1. The molecule has 0 amide bonds. The number of benzene rings is 2. The van der Waals surface area contributed by atoms with Crippen molar-refractivity contribution in [2.75, 3.05) is 24.8 Å². The molecule has 2 aromatic carbocycles. The molecule has 0 aliphatic carbocycles. The second-order valence-electron chi connectivity index (χ2n) is 4.87. The highest BCUT2D eigenvalue weighted by Crippen LogP contribution is 2.28. The molecule has 0 heterocycles. The number of nitrogen functional groups attached to an aromatic ring is 1. The first kappa shape index (κ1) is 14.7. The van der Waals surface area contributed by atoms with Crippen LogP contribution in [0.3, 0.4) is 0 Å². The normalized spacial score (nSPS) is 10.4. The Morgan fingerprint density at radius 1 is 1.20 bits per heavy atom. The van der Waals surface area contributed by atoms with Gasteiger partial charge in [-0.25, -0.2) is 0 Å². The summed E-state index contributed by atoms with van der Waals surface area (Å²) in [6.45, 7) is 2.77. The predicted molar refractivity (Wildman–Crippen MR) is 88.4 cm³/mol. The predicted octanol–water partition coefficient (Wildman–Crippen LogP) is 3.98. The molecule has 106 valence electrons. The monoisotopic (exact) mass is 334 g/mol. The third kappa shape index (κ3) is 3.25. The highest BCUT2D eigenvalue weighted by Gasteiger charge is 2.10. The lowest BCUT2D eigenvalue weighted by Gasteiger charge is -2.22. The van der Waals surface area contributed by atoms with Gasteiger partial charge in [0.25, 0.3) is 0 Å². The van der Waals surface area contributed by atoms with E-state index in [0.29, 0.717) is 0 Å². The molecule has 0 aliphatic heterocycles. The topological polar surface area (TPSA) is 38.5 Å². The van der Waals surface area contributed by atoms with E-state index in [1.54, 1.807) is 7.11 Å². The van der Waals surface area contributed by atoms with Crippen LogP contribution >= 0.6 is 15.9 Å². The summed E-state index contributed by atoms with van der Waals surface area (Å²) in [5.74, 6) is 0.880. The molecular formula is C16H19BrN2O. The number of halogens is 1. The van der Waals surface area contributed by atoms with Crippen LogP contribution in [-0.2, 0) is 6.54 Å². The van der Waals surface area contributed by atoms with Gasteiger partial charge in [-0.1, -0.05) is 22.0 Å². The van der Waals surface area contributed by atoms with E-state index in [9.17, 15) is 0 Å². The second-order valence-corrected chi connectivity index (χ2v) is 5.79. The van der Waals surface area contributed by atoms with Crippen LogP contribution < -0.4 is 15.4 Å². The van der Waals surface area contributed by atoms with Gasteiger partial charge in [-0.3, -0.25) is 0 Å². The Labute approximate surface area is 128 Å². The van der Waals surface area contributed by atoms with Crippen molar-refractivity contribution in [2.24, 2.45) is 0 Å². The van der Waals surface area contributed by atoms with Crippen LogP contribution in [0.5, 0.6) is 5.75 Å². The minimum Gasteiger partial charge on any atom is -0.496 e. The lowest BCUT2D eigenvalue weighted by Crippen LogP contribution is -2.18. The quantitative estimate of drug-likeness (QED) is 0.859. The molecule has 2 N–H and O–H groups in total. The summed E-state index contributed by atoms with van der Waals surface area (Å²) < 4.78 is 6.45. The van der Waals surface area contributed by atoms with E-state index in [2.05, 4.69) is 39.0 Å². The van der Waals surface area contributed by atoms with Crippen LogP contribution in [0, 0.1) is 6.92 Å². The number of hydrogen-bond donors (Lipinski definition) is 1. The molecule has 0 bridgehead atoms. The van der Waals surface area contributed by atoms with E-state index in [4.69, 9.17) is 10.5 Å². The maximum atomic E-state index is 6.09. The van der Waals surface area contributed by atoms with Crippen LogP contribution in [0.25, 0.3) is 0 Å². The van der Waals surface area contributed by atoms with Gasteiger partial charge in [0.05, 0.1) is 18.5 Å². The zero-order valence-corrected chi connectivity index (χ0v) is 13.6. The van der Waals surface area contributed by atoms with Gasteiger partial charge in [-0.15, -0.1) is 0 Å². The lowest BCUT2D eigenvalue weighted by molar-refractivity contribution is 0.409. The molecule has 0 aliphatic rings. The SMILES string of the molecule is COc1ccc(Br)cc1CN(C)c1ccc(C)cc1N. The first-order chi connectivity index (χ1) is 9.51. The summed E-state index contributed by atoms with van der Waals surface area (Å²) in [7, 11) is 3.72. The molecule has 0 radical (unpaired) electrons. The van der Waals surface area contributed by atoms with E-state index in [1.807, 2.05) is 32.2 Å². The first-order valence-corrected chi connectivity index (χ1v) is 7.20. The molecule has 0 saturated heterocycles. The molecule has 4 heteroatoms. The van der Waals surface area contributed by atoms with E-state index in [-0.39, 0.29) is 0 Å².